The van der Waals surface area contributed by atoms with E-state index in [0.717, 1.165) is 17.1 Å². The van der Waals surface area contributed by atoms with Crippen LogP contribution in [-0.2, 0) is 5.41 Å². The summed E-state index contributed by atoms with van der Waals surface area (Å²) in [4.78, 5) is 2.40. The topological polar surface area (TPSA) is 8.17 Å². The van der Waals surface area contributed by atoms with Crippen molar-refractivity contribution in [2.24, 2.45) is 0 Å². The summed E-state index contributed by atoms with van der Waals surface area (Å²) < 4.78 is 2.37. The lowest BCUT2D eigenvalue weighted by Crippen LogP contribution is -2.16. The summed E-state index contributed by atoms with van der Waals surface area (Å²) in [5.74, 6) is 0. The van der Waals surface area contributed by atoms with Crippen LogP contribution in [0.1, 0.15) is 25.0 Å². The van der Waals surface area contributed by atoms with Gasteiger partial charge in [-0.1, -0.05) is 111 Å². The van der Waals surface area contributed by atoms with E-state index in [1.54, 1.807) is 11.3 Å². The minimum Gasteiger partial charge on any atom is -0.310 e. The van der Waals surface area contributed by atoms with Crippen molar-refractivity contribution in [3.63, 3.8) is 0 Å². The molecule has 1 aliphatic carbocycles. The van der Waals surface area contributed by atoms with Gasteiger partial charge < -0.3 is 9.47 Å². The van der Waals surface area contributed by atoms with Crippen molar-refractivity contribution in [3.8, 4) is 39.1 Å². The molecule has 2 heterocycles. The zero-order chi connectivity index (χ0) is 34.8. The fourth-order valence-electron chi connectivity index (χ4n) is 8.32. The van der Waals surface area contributed by atoms with E-state index in [-0.39, 0.29) is 5.41 Å². The molecule has 52 heavy (non-hydrogen) atoms. The van der Waals surface area contributed by atoms with Crippen LogP contribution in [0, 0.1) is 0 Å². The van der Waals surface area contributed by atoms with E-state index < -0.39 is 0 Å². The van der Waals surface area contributed by atoms with Crippen molar-refractivity contribution in [1.82, 2.24) is 4.57 Å². The number of benzene rings is 7. The molecule has 3 heteroatoms. The lowest BCUT2D eigenvalue weighted by atomic mass is 9.82. The maximum atomic E-state index is 2.41. The van der Waals surface area contributed by atoms with E-state index in [1.165, 1.54) is 72.0 Å². The summed E-state index contributed by atoms with van der Waals surface area (Å²) in [6.07, 6.45) is 0. The Balaban J connectivity index is 1.07. The molecule has 0 saturated carbocycles. The first-order valence-electron chi connectivity index (χ1n) is 17.9. The summed E-state index contributed by atoms with van der Waals surface area (Å²) >= 11 is 1.73. The normalized spacial score (nSPS) is 13.0. The monoisotopic (exact) mass is 684 g/mol. The van der Waals surface area contributed by atoms with Crippen LogP contribution in [0.3, 0.4) is 0 Å². The van der Waals surface area contributed by atoms with E-state index >= 15 is 0 Å². The number of rotatable bonds is 6. The Labute approximate surface area is 308 Å². The summed E-state index contributed by atoms with van der Waals surface area (Å²) in [5.41, 5.74) is 17.3. The highest BCUT2D eigenvalue weighted by Gasteiger charge is 2.35. The molecule has 0 radical (unpaired) electrons. The molecule has 0 bridgehead atoms. The van der Waals surface area contributed by atoms with E-state index in [4.69, 9.17) is 0 Å². The maximum Gasteiger partial charge on any atom is 0.0541 e. The van der Waals surface area contributed by atoms with Gasteiger partial charge in [-0.15, -0.1) is 0 Å². The molecular weight excluding hydrogens is 649 g/mol. The Morgan fingerprint density at radius 1 is 0.462 bits per heavy atom. The van der Waals surface area contributed by atoms with Gasteiger partial charge in [0.15, 0.2) is 0 Å². The van der Waals surface area contributed by atoms with E-state index in [9.17, 15) is 0 Å². The number of anilines is 3. The first kappa shape index (κ1) is 30.6. The number of thiophene rings is 1. The maximum absolute atomic E-state index is 2.41. The Bertz CT molecular complexity index is 2740. The third-order valence-electron chi connectivity index (χ3n) is 11.0. The Morgan fingerprint density at radius 3 is 1.83 bits per heavy atom. The Kier molecular flexibility index (Phi) is 7.06. The first-order chi connectivity index (χ1) is 25.5. The SMILES string of the molecule is CC1(C)c2ccccc2-c2ccc(N(c3ccc(-c4ccsc4)cc3)c3ccc(-c4ccc5c(c4)c4ccccc4n5-c4ccccc4)cc3)cc21. The highest BCUT2D eigenvalue weighted by atomic mass is 32.1. The van der Waals surface area contributed by atoms with Crippen LogP contribution in [0.15, 0.2) is 181 Å². The van der Waals surface area contributed by atoms with Crippen LogP contribution < -0.4 is 4.90 Å². The molecule has 7 aromatic carbocycles. The van der Waals surface area contributed by atoms with E-state index in [0.29, 0.717) is 0 Å². The van der Waals surface area contributed by atoms with E-state index in [2.05, 4.69) is 204 Å². The fourth-order valence-corrected chi connectivity index (χ4v) is 8.99. The standard InChI is InChI=1S/C49H36N2S/c1-49(2)45-14-8-6-12-41(45)42-26-25-40(31-46(42)49)50(39-23-18-34(19-24-39)36-28-29-52-32-36)38-21-16-33(17-22-38)35-20-27-48-44(30-35)43-13-7-9-15-47(43)51(48)37-10-4-3-5-11-37/h3-32H,1-2H3. The second kappa shape index (κ2) is 12.0. The predicted octanol–water partition coefficient (Wildman–Crippen LogP) is 14.0. The molecule has 0 amide bonds. The molecule has 10 rings (SSSR count). The molecule has 2 aromatic heterocycles. The van der Waals surface area contributed by atoms with Gasteiger partial charge in [0.25, 0.3) is 0 Å². The smallest absolute Gasteiger partial charge is 0.0541 e. The number of nitrogens with zero attached hydrogens (tertiary/aromatic N) is 2. The lowest BCUT2D eigenvalue weighted by Gasteiger charge is -2.28. The van der Waals surface area contributed by atoms with Crippen LogP contribution in [0.25, 0.3) is 60.9 Å². The van der Waals surface area contributed by atoms with Crippen molar-refractivity contribution in [3.05, 3.63) is 192 Å². The van der Waals surface area contributed by atoms with Gasteiger partial charge in [-0.3, -0.25) is 0 Å². The quantitative estimate of drug-likeness (QED) is 0.169. The van der Waals surface area contributed by atoms with E-state index in [1.807, 2.05) is 0 Å². The van der Waals surface area contributed by atoms with Crippen molar-refractivity contribution >= 4 is 50.2 Å². The van der Waals surface area contributed by atoms with Gasteiger partial charge in [0.2, 0.25) is 0 Å². The molecule has 0 aliphatic heterocycles. The minimum absolute atomic E-state index is 0.0808. The molecule has 0 spiro atoms. The summed E-state index contributed by atoms with van der Waals surface area (Å²) in [5, 5.41) is 6.87. The van der Waals surface area contributed by atoms with Crippen LogP contribution in [0.4, 0.5) is 17.1 Å². The lowest BCUT2D eigenvalue weighted by molar-refractivity contribution is 0.660. The molecular formula is C49H36N2S. The molecule has 9 aromatic rings. The van der Waals surface area contributed by atoms with Crippen LogP contribution >= 0.6 is 11.3 Å². The van der Waals surface area contributed by atoms with Gasteiger partial charge in [0.05, 0.1) is 11.0 Å². The number of hydrogen-bond acceptors (Lipinski definition) is 2. The minimum atomic E-state index is -0.0808. The third-order valence-corrected chi connectivity index (χ3v) is 11.6. The molecule has 0 fully saturated rings. The summed E-state index contributed by atoms with van der Waals surface area (Å²) in [6.45, 7) is 4.70. The highest BCUT2D eigenvalue weighted by Crippen LogP contribution is 2.50. The molecule has 0 atom stereocenters. The number of hydrogen-bond donors (Lipinski definition) is 0. The zero-order valence-electron chi connectivity index (χ0n) is 29.1. The van der Waals surface area contributed by atoms with Crippen molar-refractivity contribution in [2.75, 3.05) is 4.90 Å². The van der Waals surface area contributed by atoms with Crippen molar-refractivity contribution in [1.29, 1.82) is 0 Å². The average Bonchev–Trinajstić information content (AvgIpc) is 3.91. The zero-order valence-corrected chi connectivity index (χ0v) is 29.9. The summed E-state index contributed by atoms with van der Waals surface area (Å²) in [7, 11) is 0. The van der Waals surface area contributed by atoms with Crippen LogP contribution in [0.5, 0.6) is 0 Å². The highest BCUT2D eigenvalue weighted by molar-refractivity contribution is 7.08. The second-order valence-corrected chi connectivity index (χ2v) is 15.0. The summed E-state index contributed by atoms with van der Waals surface area (Å²) in [6, 6.07) is 62.4. The average molecular weight is 685 g/mol. The largest absolute Gasteiger partial charge is 0.310 e. The third kappa shape index (κ3) is 4.85. The second-order valence-electron chi connectivity index (χ2n) is 14.3. The Morgan fingerprint density at radius 2 is 1.08 bits per heavy atom. The Hall–Kier alpha value is -6.16. The predicted molar refractivity (Wildman–Crippen MR) is 222 cm³/mol. The van der Waals surface area contributed by atoms with Gasteiger partial charge in [-0.2, -0.15) is 11.3 Å². The fraction of sp³-hybridized carbons (Fsp3) is 0.0612. The molecule has 248 valence electrons. The van der Waals surface area contributed by atoms with Crippen LogP contribution in [-0.4, -0.2) is 4.57 Å². The van der Waals surface area contributed by atoms with Crippen LogP contribution in [0.2, 0.25) is 0 Å². The van der Waals surface area contributed by atoms with Gasteiger partial charge in [-0.25, -0.2) is 0 Å². The molecule has 0 N–H and O–H groups in total. The molecule has 0 unspecified atom stereocenters. The van der Waals surface area contributed by atoms with Crippen molar-refractivity contribution < 1.29 is 0 Å². The first-order valence-corrected chi connectivity index (χ1v) is 18.9. The number of aromatic nitrogens is 1. The van der Waals surface area contributed by atoms with Gasteiger partial charge in [0.1, 0.15) is 0 Å². The van der Waals surface area contributed by atoms with Crippen molar-refractivity contribution in [2.45, 2.75) is 19.3 Å². The molecule has 2 nitrogen and oxygen atoms in total. The number of para-hydroxylation sites is 2. The van der Waals surface area contributed by atoms with Gasteiger partial charge >= 0.3 is 0 Å². The molecule has 0 saturated heterocycles. The van der Waals surface area contributed by atoms with Gasteiger partial charge in [-0.05, 0) is 128 Å². The number of fused-ring (bicyclic) bond motifs is 6. The van der Waals surface area contributed by atoms with Gasteiger partial charge in [0, 0.05) is 38.9 Å². The molecule has 1 aliphatic rings.